The van der Waals surface area contributed by atoms with E-state index in [1.807, 2.05) is 36.4 Å². The average molecular weight is 1460 g/mol. The normalized spacial score (nSPS) is 11.7. The third-order valence-electron chi connectivity index (χ3n) is 22.9. The predicted octanol–water partition coefficient (Wildman–Crippen LogP) is 30.3. The van der Waals surface area contributed by atoms with Crippen molar-refractivity contribution >= 4 is 196 Å². The molecule has 0 aliphatic heterocycles. The van der Waals surface area contributed by atoms with E-state index in [4.69, 9.17) is 13.3 Å². The van der Waals surface area contributed by atoms with E-state index in [2.05, 4.69) is 396 Å². The van der Waals surface area contributed by atoms with Gasteiger partial charge in [-0.05, 0) is 150 Å². The fourth-order valence-corrected chi connectivity index (χ4v) is 18.0. The summed E-state index contributed by atoms with van der Waals surface area (Å²) in [6.07, 6.45) is 0. The van der Waals surface area contributed by atoms with Gasteiger partial charge in [-0.15, -0.1) is 0 Å². The molecule has 0 amide bonds. The lowest BCUT2D eigenvalue weighted by atomic mass is 10.0. The quantitative estimate of drug-likeness (QED) is 0.177. The summed E-state index contributed by atoms with van der Waals surface area (Å²) in [5, 5.41) is 28.6. The molecule has 0 N–H and O–H groups in total. The highest BCUT2D eigenvalue weighted by Gasteiger charge is 2.20. The van der Waals surface area contributed by atoms with Gasteiger partial charge in [0.15, 0.2) is 5.58 Å². The zero-order valence-corrected chi connectivity index (χ0v) is 61.9. The van der Waals surface area contributed by atoms with Gasteiger partial charge in [0.2, 0.25) is 0 Å². The van der Waals surface area contributed by atoms with E-state index in [9.17, 15) is 0 Å². The highest BCUT2D eigenvalue weighted by Crippen LogP contribution is 2.43. The standard InChI is InChI=1S/3C36H23NO/c1-3-14-26-24(12-1)25-13-2-4-15-27(25)29-17-6-9-21-33(29)37(32-20-8-5-16-28(26)32)34-22-11-19-31-30-18-7-10-23-35(30)38-36(31)34;1-3-14-26-24(12-1)25-13-2-4-15-27(25)29-17-6-9-20-32(29)37(31-19-8-5-16-28(26)31)33-21-11-23-35-36(33)30-18-7-10-22-34(30)38-35;1-3-13-27-25(11-1)26-12-2-4-14-28(26)30-16-6-9-19-34(30)37(33-18-8-5-15-29(27)33)24-21-22-32-31-17-7-10-20-35(31)38-36(32)23-24/h3*1-23H. The first-order valence-corrected chi connectivity index (χ1v) is 38.9. The summed E-state index contributed by atoms with van der Waals surface area (Å²) in [4.78, 5) is 0. The molecule has 0 aliphatic rings. The number of rotatable bonds is 3. The molecule has 24 rings (SSSR count). The van der Waals surface area contributed by atoms with Crippen LogP contribution in [0, 0.1) is 0 Å². The van der Waals surface area contributed by atoms with Crippen LogP contribution in [0.5, 0.6) is 0 Å². The molecule has 0 fully saturated rings. The van der Waals surface area contributed by atoms with Crippen molar-refractivity contribution in [2.45, 2.75) is 0 Å². The molecule has 24 aromatic rings. The summed E-state index contributed by atoms with van der Waals surface area (Å²) in [6.45, 7) is 0. The van der Waals surface area contributed by atoms with Crippen LogP contribution in [0.1, 0.15) is 0 Å². The Labute approximate surface area is 654 Å². The van der Waals surface area contributed by atoms with Crippen LogP contribution in [-0.2, 0) is 0 Å². The fourth-order valence-electron chi connectivity index (χ4n) is 18.0. The first-order valence-electron chi connectivity index (χ1n) is 38.9. The second-order valence-electron chi connectivity index (χ2n) is 29.2. The summed E-state index contributed by atoms with van der Waals surface area (Å²) in [5.74, 6) is 0. The number of hydrogen-bond acceptors (Lipinski definition) is 3. The summed E-state index contributed by atoms with van der Waals surface area (Å²) >= 11 is 0. The highest BCUT2D eigenvalue weighted by atomic mass is 16.3. The molecule has 18 aromatic carbocycles. The van der Waals surface area contributed by atoms with Gasteiger partial charge in [0.05, 0.1) is 49.9 Å². The Hall–Kier alpha value is -15.2. The van der Waals surface area contributed by atoms with Crippen molar-refractivity contribution in [3.8, 4) is 17.1 Å². The van der Waals surface area contributed by atoms with Crippen molar-refractivity contribution in [3.63, 3.8) is 0 Å². The van der Waals surface area contributed by atoms with Gasteiger partial charge in [-0.2, -0.15) is 0 Å². The number of benzene rings is 18. The van der Waals surface area contributed by atoms with Crippen molar-refractivity contribution < 1.29 is 13.3 Å². The topological polar surface area (TPSA) is 54.2 Å². The molecular formula is C108H69N3O3. The Morgan fingerprint density at radius 3 is 0.763 bits per heavy atom. The number of para-hydroxylation sites is 10. The van der Waals surface area contributed by atoms with Gasteiger partial charge in [-0.3, -0.25) is 0 Å². The Morgan fingerprint density at radius 2 is 0.377 bits per heavy atom. The minimum absolute atomic E-state index is 0.888. The second-order valence-corrected chi connectivity index (χ2v) is 29.2. The monoisotopic (exact) mass is 1460 g/mol. The summed E-state index contributed by atoms with van der Waals surface area (Å²) in [6, 6.07) is 149. The van der Waals surface area contributed by atoms with Gasteiger partial charge in [0.25, 0.3) is 0 Å². The molecule has 0 unspecified atom stereocenters. The van der Waals surface area contributed by atoms with E-state index < -0.39 is 0 Å². The van der Waals surface area contributed by atoms with Crippen LogP contribution in [-0.4, -0.2) is 13.7 Å². The highest BCUT2D eigenvalue weighted by molar-refractivity contribution is 6.24. The van der Waals surface area contributed by atoms with Crippen LogP contribution in [0.2, 0.25) is 0 Å². The van der Waals surface area contributed by atoms with E-state index >= 15 is 0 Å². The number of furan rings is 3. The number of aromatic nitrogens is 3. The average Bonchev–Trinajstić information content (AvgIpc) is 1.58. The lowest BCUT2D eigenvalue weighted by Gasteiger charge is -2.15. The summed E-state index contributed by atoms with van der Waals surface area (Å²) in [7, 11) is 0. The molecule has 114 heavy (non-hydrogen) atoms. The van der Waals surface area contributed by atoms with Crippen molar-refractivity contribution in [1.29, 1.82) is 0 Å². The molecule has 0 aliphatic carbocycles. The van der Waals surface area contributed by atoms with E-state index in [1.54, 1.807) is 0 Å². The third kappa shape index (κ3) is 10.8. The van der Waals surface area contributed by atoms with Gasteiger partial charge in [0.1, 0.15) is 27.9 Å². The second kappa shape index (κ2) is 27.4. The molecule has 6 aromatic heterocycles. The zero-order chi connectivity index (χ0) is 75.2. The van der Waals surface area contributed by atoms with Gasteiger partial charge < -0.3 is 27.0 Å². The van der Waals surface area contributed by atoms with E-state index in [1.165, 1.54) is 97.0 Å². The number of nitrogens with zero attached hydrogens (tertiary/aromatic N) is 3. The molecule has 0 spiro atoms. The molecular weight excluding hydrogens is 1390 g/mol. The smallest absolute Gasteiger partial charge is 0.159 e. The Bertz CT molecular complexity index is 7970. The minimum Gasteiger partial charge on any atom is -0.456 e. The predicted molar refractivity (Wildman–Crippen MR) is 482 cm³/mol. The van der Waals surface area contributed by atoms with Gasteiger partial charge in [-0.1, -0.05) is 328 Å². The largest absolute Gasteiger partial charge is 0.456 e. The maximum absolute atomic E-state index is 6.57. The zero-order valence-electron chi connectivity index (χ0n) is 61.9. The molecule has 0 atom stereocenters. The minimum atomic E-state index is 0.888. The number of fused-ring (bicyclic) bond motifs is 30. The van der Waals surface area contributed by atoms with Crippen molar-refractivity contribution in [3.05, 3.63) is 419 Å². The van der Waals surface area contributed by atoms with Gasteiger partial charge in [0, 0.05) is 71.0 Å². The lowest BCUT2D eigenvalue weighted by Crippen LogP contribution is -1.98. The molecule has 6 heterocycles. The lowest BCUT2D eigenvalue weighted by molar-refractivity contribution is 0.666. The van der Waals surface area contributed by atoms with E-state index in [0.29, 0.717) is 0 Å². The number of hydrogen-bond donors (Lipinski definition) is 0. The Balaban J connectivity index is 0.000000104. The maximum Gasteiger partial charge on any atom is 0.159 e. The molecule has 0 saturated heterocycles. The van der Waals surface area contributed by atoms with Crippen LogP contribution in [0.3, 0.4) is 0 Å². The van der Waals surface area contributed by atoms with E-state index in [0.717, 1.165) is 116 Å². The Morgan fingerprint density at radius 1 is 0.140 bits per heavy atom. The van der Waals surface area contributed by atoms with Crippen molar-refractivity contribution in [2.24, 2.45) is 0 Å². The maximum atomic E-state index is 6.57. The van der Waals surface area contributed by atoms with Gasteiger partial charge in [-0.25, -0.2) is 0 Å². The van der Waals surface area contributed by atoms with Crippen LogP contribution >= 0.6 is 0 Å². The van der Waals surface area contributed by atoms with Crippen molar-refractivity contribution in [2.75, 3.05) is 0 Å². The first-order chi connectivity index (χ1) is 56.6. The van der Waals surface area contributed by atoms with Gasteiger partial charge >= 0.3 is 0 Å². The molecule has 0 bridgehead atoms. The van der Waals surface area contributed by atoms with Crippen LogP contribution in [0.15, 0.2) is 432 Å². The van der Waals surface area contributed by atoms with Crippen molar-refractivity contribution in [1.82, 2.24) is 13.7 Å². The summed E-state index contributed by atoms with van der Waals surface area (Å²) in [5.41, 5.74) is 15.3. The SMILES string of the molecule is c1ccc2c(c1)oc1c(-n3c4ccccc4c4ccccc4c4ccccc4c4ccccc43)cccc12.c1ccc2c(c1)oc1cc(-n3c4ccccc4c4ccccc4c4ccccc4c4ccccc43)ccc12.c1ccc2c(c1)oc1cccc(-n3c4ccccc4c4ccccc4c4ccccc4c4ccccc43)c12. The molecule has 6 heteroatoms. The summed E-state index contributed by atoms with van der Waals surface area (Å²) < 4.78 is 26.4. The molecule has 6 nitrogen and oxygen atoms in total. The van der Waals surface area contributed by atoms with Crippen LogP contribution < -0.4 is 0 Å². The third-order valence-corrected chi connectivity index (χ3v) is 22.9. The Kier molecular flexibility index (Phi) is 15.8. The molecule has 534 valence electrons. The van der Waals surface area contributed by atoms with E-state index in [-0.39, 0.29) is 0 Å². The molecule has 0 saturated carbocycles. The first kappa shape index (κ1) is 65.8. The molecule has 0 radical (unpaired) electrons. The fraction of sp³-hybridized carbons (Fsp3) is 0. The van der Waals surface area contributed by atoms with Crippen LogP contribution in [0.25, 0.3) is 213 Å². The van der Waals surface area contributed by atoms with Crippen LogP contribution in [0.4, 0.5) is 0 Å².